The maximum Gasteiger partial charge on any atom is 0.114 e. The number of morpholine rings is 1. The van der Waals surface area contributed by atoms with Crippen LogP contribution in [-0.4, -0.2) is 39.5 Å². The van der Waals surface area contributed by atoms with E-state index in [1.54, 1.807) is 18.6 Å². The van der Waals surface area contributed by atoms with Gasteiger partial charge in [-0.3, -0.25) is 19.9 Å². The van der Waals surface area contributed by atoms with E-state index in [0.717, 1.165) is 31.0 Å². The Balaban J connectivity index is 1.65. The summed E-state index contributed by atoms with van der Waals surface area (Å²) in [5, 5.41) is 0. The van der Waals surface area contributed by atoms with Crippen molar-refractivity contribution in [3.05, 3.63) is 54.4 Å². The van der Waals surface area contributed by atoms with Crippen LogP contribution in [0.3, 0.4) is 0 Å². The van der Waals surface area contributed by atoms with Gasteiger partial charge in [0, 0.05) is 38.2 Å². The molecule has 1 aliphatic heterocycles. The van der Waals surface area contributed by atoms with E-state index < -0.39 is 0 Å². The summed E-state index contributed by atoms with van der Waals surface area (Å²) in [6.45, 7) is 3.32. The SMILES string of the molecule is c1ccc(CN2CCO[C@H](c3cnccn3)C2)nc1. The molecule has 1 atom stereocenters. The monoisotopic (exact) mass is 256 g/mol. The second kappa shape index (κ2) is 5.86. The van der Waals surface area contributed by atoms with E-state index in [-0.39, 0.29) is 6.10 Å². The average Bonchev–Trinajstić information content (AvgIpc) is 2.49. The fraction of sp³-hybridized carbons (Fsp3) is 0.357. The van der Waals surface area contributed by atoms with Crippen LogP contribution < -0.4 is 0 Å². The molecule has 0 aliphatic carbocycles. The van der Waals surface area contributed by atoms with Gasteiger partial charge in [-0.05, 0) is 12.1 Å². The molecule has 0 spiro atoms. The molecular formula is C14H16N4O. The quantitative estimate of drug-likeness (QED) is 0.832. The summed E-state index contributed by atoms with van der Waals surface area (Å²) in [5.74, 6) is 0. The first-order valence-corrected chi connectivity index (χ1v) is 6.41. The highest BCUT2D eigenvalue weighted by Gasteiger charge is 2.23. The molecule has 0 unspecified atom stereocenters. The standard InChI is InChI=1S/C14H16N4O/c1-2-4-16-12(3-1)10-18-7-8-19-14(11-18)13-9-15-5-6-17-13/h1-6,9,14H,7-8,10-11H2/t14-/m0/s1. The van der Waals surface area contributed by atoms with Crippen LogP contribution in [0.25, 0.3) is 0 Å². The molecule has 3 heterocycles. The van der Waals surface area contributed by atoms with Gasteiger partial charge in [0.05, 0.1) is 24.2 Å². The van der Waals surface area contributed by atoms with Crippen LogP contribution in [-0.2, 0) is 11.3 Å². The number of hydrogen-bond acceptors (Lipinski definition) is 5. The van der Waals surface area contributed by atoms with Crippen molar-refractivity contribution in [3.8, 4) is 0 Å². The van der Waals surface area contributed by atoms with E-state index in [9.17, 15) is 0 Å². The lowest BCUT2D eigenvalue weighted by Gasteiger charge is -2.32. The van der Waals surface area contributed by atoms with E-state index in [0.29, 0.717) is 6.61 Å². The summed E-state index contributed by atoms with van der Waals surface area (Å²) in [6, 6.07) is 6.00. The summed E-state index contributed by atoms with van der Waals surface area (Å²) < 4.78 is 5.77. The highest BCUT2D eigenvalue weighted by atomic mass is 16.5. The van der Waals surface area contributed by atoms with Crippen molar-refractivity contribution in [2.75, 3.05) is 19.7 Å². The van der Waals surface area contributed by atoms with Crippen molar-refractivity contribution in [3.63, 3.8) is 0 Å². The molecule has 2 aromatic heterocycles. The molecule has 3 rings (SSSR count). The molecule has 19 heavy (non-hydrogen) atoms. The number of hydrogen-bond donors (Lipinski definition) is 0. The van der Waals surface area contributed by atoms with Crippen LogP contribution in [0.4, 0.5) is 0 Å². The van der Waals surface area contributed by atoms with Gasteiger partial charge in [-0.2, -0.15) is 0 Å². The Morgan fingerprint density at radius 2 is 2.21 bits per heavy atom. The van der Waals surface area contributed by atoms with Crippen LogP contribution in [0.1, 0.15) is 17.5 Å². The zero-order valence-corrected chi connectivity index (χ0v) is 10.6. The largest absolute Gasteiger partial charge is 0.369 e. The Kier molecular flexibility index (Phi) is 3.76. The molecule has 98 valence electrons. The number of pyridine rings is 1. The summed E-state index contributed by atoms with van der Waals surface area (Å²) >= 11 is 0. The minimum Gasteiger partial charge on any atom is -0.369 e. The van der Waals surface area contributed by atoms with Crippen molar-refractivity contribution in [2.24, 2.45) is 0 Å². The van der Waals surface area contributed by atoms with Crippen LogP contribution in [0.5, 0.6) is 0 Å². The number of ether oxygens (including phenoxy) is 1. The molecule has 0 radical (unpaired) electrons. The Morgan fingerprint density at radius 3 is 3.00 bits per heavy atom. The molecule has 5 nitrogen and oxygen atoms in total. The van der Waals surface area contributed by atoms with Gasteiger partial charge < -0.3 is 4.74 Å². The van der Waals surface area contributed by atoms with Gasteiger partial charge >= 0.3 is 0 Å². The van der Waals surface area contributed by atoms with Gasteiger partial charge in [0.15, 0.2) is 0 Å². The molecular weight excluding hydrogens is 240 g/mol. The maximum atomic E-state index is 5.77. The lowest BCUT2D eigenvalue weighted by atomic mass is 10.2. The first kappa shape index (κ1) is 12.2. The minimum absolute atomic E-state index is 0.00571. The number of nitrogens with zero attached hydrogens (tertiary/aromatic N) is 4. The van der Waals surface area contributed by atoms with Crippen LogP contribution >= 0.6 is 0 Å². The lowest BCUT2D eigenvalue weighted by molar-refractivity contribution is -0.0355. The predicted molar refractivity (Wildman–Crippen MR) is 70.2 cm³/mol. The number of aromatic nitrogens is 3. The molecule has 1 saturated heterocycles. The van der Waals surface area contributed by atoms with E-state index in [2.05, 4.69) is 19.9 Å². The summed E-state index contributed by atoms with van der Waals surface area (Å²) in [5.41, 5.74) is 1.98. The zero-order chi connectivity index (χ0) is 12.9. The fourth-order valence-electron chi connectivity index (χ4n) is 2.22. The Labute approximate surface area is 112 Å². The third kappa shape index (κ3) is 3.13. The van der Waals surface area contributed by atoms with E-state index in [1.165, 1.54) is 0 Å². The minimum atomic E-state index is 0.00571. The molecule has 1 fully saturated rings. The van der Waals surface area contributed by atoms with Crippen LogP contribution in [0.15, 0.2) is 43.0 Å². The molecule has 5 heteroatoms. The highest BCUT2D eigenvalue weighted by Crippen LogP contribution is 2.20. The van der Waals surface area contributed by atoms with E-state index in [4.69, 9.17) is 4.74 Å². The Bertz CT molecular complexity index is 505. The van der Waals surface area contributed by atoms with Gasteiger partial charge in [0.25, 0.3) is 0 Å². The van der Waals surface area contributed by atoms with Gasteiger partial charge in [0.2, 0.25) is 0 Å². The van der Waals surface area contributed by atoms with Crippen molar-refractivity contribution in [1.29, 1.82) is 0 Å². The lowest BCUT2D eigenvalue weighted by Crippen LogP contribution is -2.38. The topological polar surface area (TPSA) is 51.1 Å². The molecule has 0 N–H and O–H groups in total. The highest BCUT2D eigenvalue weighted by molar-refractivity contribution is 5.05. The van der Waals surface area contributed by atoms with Crippen molar-refractivity contribution >= 4 is 0 Å². The molecule has 0 bridgehead atoms. The summed E-state index contributed by atoms with van der Waals surface area (Å²) in [4.78, 5) is 15.1. The van der Waals surface area contributed by atoms with Crippen molar-refractivity contribution < 1.29 is 4.74 Å². The third-order valence-electron chi connectivity index (χ3n) is 3.18. The number of rotatable bonds is 3. The van der Waals surface area contributed by atoms with E-state index in [1.807, 2.05) is 24.4 Å². The smallest absolute Gasteiger partial charge is 0.114 e. The Morgan fingerprint density at radius 1 is 1.21 bits per heavy atom. The predicted octanol–water partition coefficient (Wildman–Crippen LogP) is 1.45. The zero-order valence-electron chi connectivity index (χ0n) is 10.6. The van der Waals surface area contributed by atoms with Gasteiger partial charge in [0.1, 0.15) is 6.10 Å². The van der Waals surface area contributed by atoms with Crippen molar-refractivity contribution in [1.82, 2.24) is 19.9 Å². The average molecular weight is 256 g/mol. The Hall–Kier alpha value is -1.85. The second-order valence-electron chi connectivity index (χ2n) is 4.55. The second-order valence-corrected chi connectivity index (χ2v) is 4.55. The first-order valence-electron chi connectivity index (χ1n) is 6.41. The molecule has 1 aliphatic rings. The molecule has 0 amide bonds. The normalized spacial score (nSPS) is 20.3. The van der Waals surface area contributed by atoms with Crippen molar-refractivity contribution in [2.45, 2.75) is 12.6 Å². The van der Waals surface area contributed by atoms with Gasteiger partial charge in [-0.25, -0.2) is 0 Å². The maximum absolute atomic E-state index is 5.77. The van der Waals surface area contributed by atoms with Gasteiger partial charge in [-0.1, -0.05) is 6.07 Å². The summed E-state index contributed by atoms with van der Waals surface area (Å²) in [6.07, 6.45) is 6.99. The molecule has 2 aromatic rings. The first-order chi connectivity index (χ1) is 9.42. The fourth-order valence-corrected chi connectivity index (χ4v) is 2.22. The van der Waals surface area contributed by atoms with Gasteiger partial charge in [-0.15, -0.1) is 0 Å². The summed E-state index contributed by atoms with van der Waals surface area (Å²) in [7, 11) is 0. The third-order valence-corrected chi connectivity index (χ3v) is 3.18. The van der Waals surface area contributed by atoms with Crippen LogP contribution in [0, 0.1) is 0 Å². The molecule has 0 aromatic carbocycles. The van der Waals surface area contributed by atoms with E-state index >= 15 is 0 Å². The molecule has 0 saturated carbocycles. The van der Waals surface area contributed by atoms with Crippen LogP contribution in [0.2, 0.25) is 0 Å².